The van der Waals surface area contributed by atoms with E-state index in [2.05, 4.69) is 17.4 Å². The third-order valence-electron chi connectivity index (χ3n) is 7.93. The van der Waals surface area contributed by atoms with Crippen molar-refractivity contribution in [2.24, 2.45) is 11.8 Å². The molecular formula is C33H28N2O5. The number of esters is 1. The van der Waals surface area contributed by atoms with Crippen LogP contribution in [0.1, 0.15) is 41.1 Å². The van der Waals surface area contributed by atoms with E-state index in [1.807, 2.05) is 54.6 Å². The topological polar surface area (TPSA) is 92.8 Å². The molecule has 6 rings (SSSR count). The standard InChI is InChI=1S/C33H28N2O5/c36-30(34-29-15-7-11-22-10-4-5-14-26(22)29)20-40-33(39)24-12-6-13-25(18-24)35-31(37)27-17-16-23(19-28(27)32(35)38)21-8-2-1-3-9-21/h1-15,18,23,27-28H,16-17,19-20H2,(H,34,36)/t23-,27-,28-/m1/s1. The van der Waals surface area contributed by atoms with Gasteiger partial charge in [0.2, 0.25) is 11.8 Å². The number of rotatable bonds is 6. The molecule has 2 fully saturated rings. The minimum absolute atomic E-state index is 0.160. The summed E-state index contributed by atoms with van der Waals surface area (Å²) >= 11 is 0. The first-order valence-corrected chi connectivity index (χ1v) is 13.5. The lowest BCUT2D eigenvalue weighted by Crippen LogP contribution is -2.31. The molecule has 7 nitrogen and oxygen atoms in total. The Morgan fingerprint density at radius 3 is 2.38 bits per heavy atom. The smallest absolute Gasteiger partial charge is 0.338 e. The van der Waals surface area contributed by atoms with E-state index in [9.17, 15) is 19.2 Å². The van der Waals surface area contributed by atoms with Gasteiger partial charge in [0.25, 0.3) is 5.91 Å². The predicted octanol–water partition coefficient (Wildman–Crippen LogP) is 5.71. The van der Waals surface area contributed by atoms with E-state index < -0.39 is 18.5 Å². The maximum atomic E-state index is 13.4. The minimum atomic E-state index is -0.712. The van der Waals surface area contributed by atoms with E-state index in [4.69, 9.17) is 4.74 Å². The summed E-state index contributed by atoms with van der Waals surface area (Å²) in [6.45, 7) is -0.473. The zero-order valence-electron chi connectivity index (χ0n) is 21.8. The maximum absolute atomic E-state index is 13.4. The molecule has 1 saturated heterocycles. The number of imide groups is 1. The predicted molar refractivity (Wildman–Crippen MR) is 152 cm³/mol. The molecule has 2 aliphatic rings. The lowest BCUT2D eigenvalue weighted by atomic mass is 9.73. The van der Waals surface area contributed by atoms with Crippen LogP contribution in [0.2, 0.25) is 0 Å². The van der Waals surface area contributed by atoms with Crippen LogP contribution in [-0.4, -0.2) is 30.3 Å². The van der Waals surface area contributed by atoms with Gasteiger partial charge in [-0.3, -0.25) is 19.3 Å². The van der Waals surface area contributed by atoms with Gasteiger partial charge in [0.15, 0.2) is 6.61 Å². The number of benzene rings is 4. The van der Waals surface area contributed by atoms with Gasteiger partial charge in [0.1, 0.15) is 0 Å². The third kappa shape index (κ3) is 4.86. The number of ether oxygens (including phenoxy) is 1. The summed E-state index contributed by atoms with van der Waals surface area (Å²) < 4.78 is 5.26. The average Bonchev–Trinajstić information content (AvgIpc) is 3.25. The highest BCUT2D eigenvalue weighted by molar-refractivity contribution is 6.22. The second-order valence-corrected chi connectivity index (χ2v) is 10.3. The number of carbonyl (C=O) groups is 4. The fourth-order valence-electron chi connectivity index (χ4n) is 5.97. The van der Waals surface area contributed by atoms with Gasteiger partial charge in [-0.05, 0) is 60.4 Å². The Bertz CT molecular complexity index is 1610. The quantitative estimate of drug-likeness (QED) is 0.254. The largest absolute Gasteiger partial charge is 0.452 e. The first kappa shape index (κ1) is 25.5. The van der Waals surface area contributed by atoms with Gasteiger partial charge in [-0.15, -0.1) is 0 Å². The van der Waals surface area contributed by atoms with Crippen molar-refractivity contribution in [2.45, 2.75) is 25.2 Å². The van der Waals surface area contributed by atoms with Crippen molar-refractivity contribution < 1.29 is 23.9 Å². The Balaban J connectivity index is 1.12. The molecule has 7 heteroatoms. The molecule has 3 atom stereocenters. The van der Waals surface area contributed by atoms with Gasteiger partial charge in [0.05, 0.1) is 23.1 Å². The Kier molecular flexibility index (Phi) is 6.86. The lowest BCUT2D eigenvalue weighted by Gasteiger charge is -2.28. The van der Waals surface area contributed by atoms with Crippen LogP contribution in [0.15, 0.2) is 97.1 Å². The summed E-state index contributed by atoms with van der Waals surface area (Å²) in [5.41, 5.74) is 2.32. The molecule has 1 N–H and O–H groups in total. The molecule has 0 radical (unpaired) electrons. The van der Waals surface area contributed by atoms with E-state index in [-0.39, 0.29) is 35.1 Å². The molecule has 1 aliphatic carbocycles. The summed E-state index contributed by atoms with van der Waals surface area (Å²) in [5, 5.41) is 4.65. The molecule has 200 valence electrons. The number of amides is 3. The lowest BCUT2D eigenvalue weighted by molar-refractivity contribution is -0.122. The van der Waals surface area contributed by atoms with Crippen LogP contribution in [0.5, 0.6) is 0 Å². The molecule has 1 saturated carbocycles. The molecule has 40 heavy (non-hydrogen) atoms. The highest BCUT2D eigenvalue weighted by Gasteiger charge is 2.50. The van der Waals surface area contributed by atoms with E-state index in [1.165, 1.54) is 22.6 Å². The number of anilines is 2. The zero-order valence-corrected chi connectivity index (χ0v) is 21.8. The fourth-order valence-corrected chi connectivity index (χ4v) is 5.97. The van der Waals surface area contributed by atoms with Crippen LogP contribution in [-0.2, 0) is 19.1 Å². The Hall–Kier alpha value is -4.78. The van der Waals surface area contributed by atoms with Crippen LogP contribution in [0.3, 0.4) is 0 Å². The number of hydrogen-bond donors (Lipinski definition) is 1. The molecule has 0 bridgehead atoms. The number of fused-ring (bicyclic) bond motifs is 2. The van der Waals surface area contributed by atoms with Crippen molar-refractivity contribution >= 4 is 45.8 Å². The Morgan fingerprint density at radius 1 is 0.800 bits per heavy atom. The molecule has 3 amide bonds. The van der Waals surface area contributed by atoms with Gasteiger partial charge < -0.3 is 10.1 Å². The number of nitrogens with zero attached hydrogens (tertiary/aromatic N) is 1. The molecule has 4 aromatic carbocycles. The van der Waals surface area contributed by atoms with Crippen LogP contribution in [0, 0.1) is 11.8 Å². The maximum Gasteiger partial charge on any atom is 0.338 e. The minimum Gasteiger partial charge on any atom is -0.452 e. The zero-order chi connectivity index (χ0) is 27.6. The number of nitrogens with one attached hydrogen (secondary N) is 1. The highest BCUT2D eigenvalue weighted by Crippen LogP contribution is 2.45. The monoisotopic (exact) mass is 532 g/mol. The molecule has 1 heterocycles. The summed E-state index contributed by atoms with van der Waals surface area (Å²) in [6.07, 6.45) is 2.13. The summed E-state index contributed by atoms with van der Waals surface area (Å²) in [6, 6.07) is 29.6. The number of hydrogen-bond acceptors (Lipinski definition) is 5. The molecule has 1 aliphatic heterocycles. The van der Waals surface area contributed by atoms with Crippen LogP contribution >= 0.6 is 0 Å². The Labute approximate surface area is 231 Å². The second kappa shape index (κ2) is 10.8. The summed E-state index contributed by atoms with van der Waals surface area (Å²) in [5.74, 6) is -2.11. The van der Waals surface area contributed by atoms with Gasteiger partial charge >= 0.3 is 5.97 Å². The average molecular weight is 533 g/mol. The van der Waals surface area contributed by atoms with Crippen molar-refractivity contribution in [3.8, 4) is 0 Å². The van der Waals surface area contributed by atoms with Crippen molar-refractivity contribution in [1.82, 2.24) is 0 Å². The number of carbonyl (C=O) groups excluding carboxylic acids is 4. The molecular weight excluding hydrogens is 504 g/mol. The van der Waals surface area contributed by atoms with E-state index in [0.717, 1.165) is 17.2 Å². The van der Waals surface area contributed by atoms with E-state index in [0.29, 0.717) is 24.2 Å². The van der Waals surface area contributed by atoms with Gasteiger partial charge in [-0.25, -0.2) is 4.79 Å². The fraction of sp³-hybridized carbons (Fsp3) is 0.212. The first-order valence-electron chi connectivity index (χ1n) is 13.5. The Morgan fingerprint density at radius 2 is 1.52 bits per heavy atom. The highest BCUT2D eigenvalue weighted by atomic mass is 16.5. The molecule has 0 spiro atoms. The molecule has 0 aromatic heterocycles. The van der Waals surface area contributed by atoms with Crippen molar-refractivity contribution in [3.05, 3.63) is 108 Å². The van der Waals surface area contributed by atoms with E-state index in [1.54, 1.807) is 18.2 Å². The summed E-state index contributed by atoms with van der Waals surface area (Å²) in [7, 11) is 0. The van der Waals surface area contributed by atoms with Crippen molar-refractivity contribution in [2.75, 3.05) is 16.8 Å². The van der Waals surface area contributed by atoms with E-state index >= 15 is 0 Å². The van der Waals surface area contributed by atoms with Crippen LogP contribution < -0.4 is 10.2 Å². The van der Waals surface area contributed by atoms with Gasteiger partial charge in [-0.2, -0.15) is 0 Å². The van der Waals surface area contributed by atoms with Crippen LogP contribution in [0.4, 0.5) is 11.4 Å². The van der Waals surface area contributed by atoms with Crippen molar-refractivity contribution in [1.29, 1.82) is 0 Å². The van der Waals surface area contributed by atoms with Crippen LogP contribution in [0.25, 0.3) is 10.8 Å². The third-order valence-corrected chi connectivity index (χ3v) is 7.93. The molecule has 4 aromatic rings. The van der Waals surface area contributed by atoms with Gasteiger partial charge in [-0.1, -0.05) is 72.8 Å². The first-order chi connectivity index (χ1) is 19.5. The van der Waals surface area contributed by atoms with Crippen molar-refractivity contribution in [3.63, 3.8) is 0 Å². The summed E-state index contributed by atoms with van der Waals surface area (Å²) in [4.78, 5) is 53.3. The normalized spacial score (nSPS) is 20.3. The molecule has 0 unspecified atom stereocenters. The van der Waals surface area contributed by atoms with Gasteiger partial charge in [0, 0.05) is 11.1 Å². The second-order valence-electron chi connectivity index (χ2n) is 10.3. The SMILES string of the molecule is O=C(COC(=O)c1cccc(N2C(=O)[C@@H]3CC[C@@H](c4ccccc4)C[C@H]3C2=O)c1)Nc1cccc2ccccc12.